The quantitative estimate of drug-likeness (QED) is 0.664. The number of ether oxygens (including phenoxy) is 2. The molecule has 1 aliphatic rings. The minimum Gasteiger partial charge on any atom is -0.502 e. The van der Waals surface area contributed by atoms with Crippen molar-refractivity contribution in [1.82, 2.24) is 0 Å². The fraction of sp³-hybridized carbons (Fsp3) is 0.190. The van der Waals surface area contributed by atoms with Crippen LogP contribution in [0.2, 0.25) is 0 Å². The summed E-state index contributed by atoms with van der Waals surface area (Å²) in [5, 5.41) is 14.9. The van der Waals surface area contributed by atoms with Crippen LogP contribution < -0.4 is 14.8 Å². The Kier molecular flexibility index (Phi) is 4.68. The Morgan fingerprint density at radius 1 is 1.14 bits per heavy atom. The number of halogens is 1. The summed E-state index contributed by atoms with van der Waals surface area (Å²) in [5.74, 6) is -0.294. The number of thiophene rings is 1. The van der Waals surface area contributed by atoms with Crippen molar-refractivity contribution in [2.45, 2.75) is 12.3 Å². The Balaban J connectivity index is 1.85. The van der Waals surface area contributed by atoms with Gasteiger partial charge in [-0.25, -0.2) is 4.39 Å². The number of phenolic OH excluding ortho intramolecular Hbond substituents is 1. The lowest BCUT2D eigenvalue weighted by atomic mass is 9.88. The zero-order chi connectivity index (χ0) is 19.8. The number of anilines is 1. The van der Waals surface area contributed by atoms with Crippen LogP contribution in [0.15, 0.2) is 41.8 Å². The number of aromatic hydroxyl groups is 1. The van der Waals surface area contributed by atoms with Gasteiger partial charge < -0.3 is 19.9 Å². The number of carbonyl (C=O) groups is 1. The van der Waals surface area contributed by atoms with Gasteiger partial charge in [-0.15, -0.1) is 11.3 Å². The summed E-state index contributed by atoms with van der Waals surface area (Å²) >= 11 is 1.47. The lowest BCUT2D eigenvalue weighted by molar-refractivity contribution is -0.116. The summed E-state index contributed by atoms with van der Waals surface area (Å²) < 4.78 is 24.8. The molecule has 0 aliphatic carbocycles. The van der Waals surface area contributed by atoms with E-state index >= 15 is 0 Å². The van der Waals surface area contributed by atoms with E-state index in [-0.39, 0.29) is 41.3 Å². The van der Waals surface area contributed by atoms with E-state index in [1.54, 1.807) is 30.3 Å². The van der Waals surface area contributed by atoms with Gasteiger partial charge in [0.1, 0.15) is 5.82 Å². The number of methoxy groups -OCH3 is 2. The van der Waals surface area contributed by atoms with Gasteiger partial charge in [-0.05, 0) is 23.8 Å². The van der Waals surface area contributed by atoms with Crippen LogP contribution in [-0.2, 0) is 4.79 Å². The first kappa shape index (κ1) is 18.3. The molecule has 1 aliphatic heterocycles. The van der Waals surface area contributed by atoms with Crippen molar-refractivity contribution in [2.24, 2.45) is 0 Å². The average Bonchev–Trinajstić information content (AvgIpc) is 3.11. The molecule has 4 rings (SSSR count). The van der Waals surface area contributed by atoms with Gasteiger partial charge in [0.05, 0.1) is 19.9 Å². The van der Waals surface area contributed by atoms with Crippen LogP contribution in [0.3, 0.4) is 0 Å². The van der Waals surface area contributed by atoms with Crippen LogP contribution in [-0.4, -0.2) is 25.2 Å². The Morgan fingerprint density at radius 2 is 1.82 bits per heavy atom. The third-order valence-corrected chi connectivity index (χ3v) is 5.95. The first-order valence-electron chi connectivity index (χ1n) is 8.64. The third-order valence-electron chi connectivity index (χ3n) is 4.86. The monoisotopic (exact) mass is 399 g/mol. The van der Waals surface area contributed by atoms with Gasteiger partial charge in [0.25, 0.3) is 0 Å². The van der Waals surface area contributed by atoms with Crippen LogP contribution in [0.5, 0.6) is 17.2 Å². The fourth-order valence-electron chi connectivity index (χ4n) is 3.49. The van der Waals surface area contributed by atoms with Crippen molar-refractivity contribution in [3.63, 3.8) is 0 Å². The fourth-order valence-corrected chi connectivity index (χ4v) is 4.64. The van der Waals surface area contributed by atoms with E-state index in [1.165, 1.54) is 31.6 Å². The van der Waals surface area contributed by atoms with E-state index in [0.717, 1.165) is 10.4 Å². The number of fused-ring (bicyclic) bond motifs is 1. The summed E-state index contributed by atoms with van der Waals surface area (Å²) in [6, 6.07) is 9.90. The van der Waals surface area contributed by atoms with Crippen molar-refractivity contribution in [3.05, 3.63) is 58.0 Å². The molecule has 1 atom stereocenters. The standard InChI is InChI=1S/C21H18FNO4S/c1-26-16-7-11(8-17(27-2)20(16)25)13-9-18(24)23-19-14(10-28-21(13)19)12-5-3-4-6-15(12)22/h3-8,10,13,25H,9H2,1-2H3,(H,23,24). The summed E-state index contributed by atoms with van der Waals surface area (Å²) in [6.45, 7) is 0. The molecule has 2 N–H and O–H groups in total. The van der Waals surface area contributed by atoms with Gasteiger partial charge in [-0.1, -0.05) is 18.2 Å². The minimum absolute atomic E-state index is 0.0903. The van der Waals surface area contributed by atoms with Crippen LogP contribution in [0.4, 0.5) is 10.1 Å². The van der Waals surface area contributed by atoms with Crippen LogP contribution in [0, 0.1) is 5.82 Å². The van der Waals surface area contributed by atoms with Gasteiger partial charge in [-0.3, -0.25) is 4.79 Å². The molecule has 1 unspecified atom stereocenters. The van der Waals surface area contributed by atoms with E-state index in [2.05, 4.69) is 5.32 Å². The van der Waals surface area contributed by atoms with Crippen molar-refractivity contribution >= 4 is 22.9 Å². The molecule has 28 heavy (non-hydrogen) atoms. The van der Waals surface area contributed by atoms with Crippen molar-refractivity contribution in [1.29, 1.82) is 0 Å². The predicted octanol–water partition coefficient (Wildman–Crippen LogP) is 4.75. The molecule has 1 amide bonds. The number of hydrogen-bond donors (Lipinski definition) is 2. The number of rotatable bonds is 4. The number of benzene rings is 2. The highest BCUT2D eigenvalue weighted by Crippen LogP contribution is 2.49. The normalized spacial score (nSPS) is 15.7. The van der Waals surface area contributed by atoms with E-state index in [0.29, 0.717) is 16.8 Å². The number of nitrogens with one attached hydrogen (secondary N) is 1. The summed E-state index contributed by atoms with van der Waals surface area (Å²) in [5.41, 5.74) is 2.52. The number of carbonyl (C=O) groups excluding carboxylic acids is 1. The van der Waals surface area contributed by atoms with Crippen LogP contribution in [0.1, 0.15) is 22.8 Å². The highest BCUT2D eigenvalue weighted by atomic mass is 32.1. The second-order valence-corrected chi connectivity index (χ2v) is 7.36. The maximum Gasteiger partial charge on any atom is 0.225 e. The van der Waals surface area contributed by atoms with E-state index < -0.39 is 0 Å². The molecule has 2 aromatic carbocycles. The zero-order valence-electron chi connectivity index (χ0n) is 15.3. The minimum atomic E-state index is -0.340. The van der Waals surface area contributed by atoms with Crippen LogP contribution in [0.25, 0.3) is 11.1 Å². The van der Waals surface area contributed by atoms with Gasteiger partial charge in [0.2, 0.25) is 11.7 Å². The Labute approximate surface area is 165 Å². The van der Waals surface area contributed by atoms with Crippen molar-refractivity contribution in [2.75, 3.05) is 19.5 Å². The molecular formula is C21H18FNO4S. The Morgan fingerprint density at radius 3 is 2.46 bits per heavy atom. The number of hydrogen-bond acceptors (Lipinski definition) is 5. The summed E-state index contributed by atoms with van der Waals surface area (Å²) in [4.78, 5) is 13.4. The number of phenols is 1. The van der Waals surface area contributed by atoms with Gasteiger partial charge >= 0.3 is 0 Å². The molecule has 5 nitrogen and oxygen atoms in total. The molecular weight excluding hydrogens is 381 g/mol. The molecule has 0 saturated heterocycles. The largest absolute Gasteiger partial charge is 0.502 e. The molecule has 7 heteroatoms. The highest BCUT2D eigenvalue weighted by molar-refractivity contribution is 7.11. The Hall–Kier alpha value is -3.06. The third kappa shape index (κ3) is 2.97. The summed E-state index contributed by atoms with van der Waals surface area (Å²) in [7, 11) is 2.91. The Bertz CT molecular complexity index is 1040. The SMILES string of the molecule is COc1cc(C2CC(=O)Nc3c(-c4ccccc4F)csc32)cc(OC)c1O. The van der Waals surface area contributed by atoms with E-state index in [9.17, 15) is 14.3 Å². The molecule has 0 radical (unpaired) electrons. The topological polar surface area (TPSA) is 67.8 Å². The highest BCUT2D eigenvalue weighted by Gasteiger charge is 2.32. The van der Waals surface area contributed by atoms with Gasteiger partial charge in [0.15, 0.2) is 11.5 Å². The first-order valence-corrected chi connectivity index (χ1v) is 9.52. The van der Waals surface area contributed by atoms with E-state index in [1.807, 2.05) is 5.38 Å². The van der Waals surface area contributed by atoms with Crippen LogP contribution >= 0.6 is 11.3 Å². The molecule has 3 aromatic rings. The van der Waals surface area contributed by atoms with Crippen molar-refractivity contribution in [3.8, 4) is 28.4 Å². The summed E-state index contributed by atoms with van der Waals surface area (Å²) in [6.07, 6.45) is 0.237. The smallest absolute Gasteiger partial charge is 0.225 e. The number of amides is 1. The molecule has 0 bridgehead atoms. The first-order chi connectivity index (χ1) is 13.5. The molecule has 2 heterocycles. The lowest BCUT2D eigenvalue weighted by Crippen LogP contribution is -2.22. The average molecular weight is 399 g/mol. The predicted molar refractivity (Wildman–Crippen MR) is 106 cm³/mol. The maximum absolute atomic E-state index is 14.3. The lowest BCUT2D eigenvalue weighted by Gasteiger charge is -2.25. The second-order valence-electron chi connectivity index (χ2n) is 6.45. The maximum atomic E-state index is 14.3. The molecule has 0 fully saturated rings. The second kappa shape index (κ2) is 7.16. The van der Waals surface area contributed by atoms with Gasteiger partial charge in [-0.2, -0.15) is 0 Å². The molecule has 0 spiro atoms. The molecule has 1 aromatic heterocycles. The molecule has 0 saturated carbocycles. The van der Waals surface area contributed by atoms with Gasteiger partial charge in [0, 0.05) is 33.7 Å². The van der Waals surface area contributed by atoms with Crippen molar-refractivity contribution < 1.29 is 23.8 Å². The zero-order valence-corrected chi connectivity index (χ0v) is 16.1. The molecule has 144 valence electrons. The van der Waals surface area contributed by atoms with E-state index in [4.69, 9.17) is 9.47 Å².